The number of ether oxygens (including phenoxy) is 2. The Morgan fingerprint density at radius 3 is 2.52 bits per heavy atom. The summed E-state index contributed by atoms with van der Waals surface area (Å²) < 4.78 is 9.97. The van der Waals surface area contributed by atoms with Crippen LogP contribution in [0.5, 0.6) is 0 Å². The number of methoxy groups -OCH3 is 2. The zero-order chi connectivity index (χ0) is 18.2. The van der Waals surface area contributed by atoms with E-state index in [1.807, 2.05) is 43.3 Å². The largest absolute Gasteiger partial charge is 0.468 e. The Balaban J connectivity index is 2.11. The molecular weight excluding hydrogens is 318 g/mol. The van der Waals surface area contributed by atoms with Gasteiger partial charge >= 0.3 is 5.97 Å². The zero-order valence-electron chi connectivity index (χ0n) is 14.7. The van der Waals surface area contributed by atoms with Gasteiger partial charge < -0.3 is 14.8 Å². The fourth-order valence-electron chi connectivity index (χ4n) is 2.63. The SMILES string of the molecule is COCc1cccc(C(=O)NCC(C(=O)OC)c2cccc(C)c2)c1. The first kappa shape index (κ1) is 18.7. The lowest BCUT2D eigenvalue weighted by atomic mass is 9.97. The van der Waals surface area contributed by atoms with Crippen LogP contribution < -0.4 is 5.32 Å². The van der Waals surface area contributed by atoms with Crippen molar-refractivity contribution in [1.82, 2.24) is 5.32 Å². The molecule has 2 aromatic rings. The minimum Gasteiger partial charge on any atom is -0.468 e. The average molecular weight is 341 g/mol. The molecule has 0 spiro atoms. The normalized spacial score (nSPS) is 11.6. The second kappa shape index (κ2) is 8.99. The maximum atomic E-state index is 12.4. The third kappa shape index (κ3) is 5.16. The summed E-state index contributed by atoms with van der Waals surface area (Å²) in [6.45, 7) is 2.57. The van der Waals surface area contributed by atoms with E-state index in [9.17, 15) is 9.59 Å². The Bertz CT molecular complexity index is 742. The van der Waals surface area contributed by atoms with Gasteiger partial charge in [-0.3, -0.25) is 9.59 Å². The van der Waals surface area contributed by atoms with Crippen LogP contribution in [0.15, 0.2) is 48.5 Å². The molecule has 5 heteroatoms. The van der Waals surface area contributed by atoms with Gasteiger partial charge in [-0.15, -0.1) is 0 Å². The van der Waals surface area contributed by atoms with Crippen LogP contribution in [-0.2, 0) is 20.9 Å². The number of esters is 1. The minimum atomic E-state index is -0.545. The van der Waals surface area contributed by atoms with Crippen molar-refractivity contribution in [2.24, 2.45) is 0 Å². The Morgan fingerprint density at radius 2 is 1.84 bits per heavy atom. The molecule has 2 aromatic carbocycles. The second-order valence-electron chi connectivity index (χ2n) is 5.83. The molecule has 0 aromatic heterocycles. The smallest absolute Gasteiger partial charge is 0.314 e. The van der Waals surface area contributed by atoms with E-state index >= 15 is 0 Å². The summed E-state index contributed by atoms with van der Waals surface area (Å²) in [6, 6.07) is 14.8. The van der Waals surface area contributed by atoms with Crippen LogP contribution in [0.25, 0.3) is 0 Å². The molecule has 1 N–H and O–H groups in total. The van der Waals surface area contributed by atoms with E-state index in [2.05, 4.69) is 5.32 Å². The highest BCUT2D eigenvalue weighted by Gasteiger charge is 2.22. The molecular formula is C20H23NO4. The van der Waals surface area contributed by atoms with Crippen molar-refractivity contribution in [2.45, 2.75) is 19.4 Å². The predicted octanol–water partition coefficient (Wildman–Crippen LogP) is 2.83. The van der Waals surface area contributed by atoms with Gasteiger partial charge in [0.1, 0.15) is 0 Å². The topological polar surface area (TPSA) is 64.6 Å². The van der Waals surface area contributed by atoms with Crippen molar-refractivity contribution < 1.29 is 19.1 Å². The monoisotopic (exact) mass is 341 g/mol. The van der Waals surface area contributed by atoms with Crippen molar-refractivity contribution in [3.63, 3.8) is 0 Å². The van der Waals surface area contributed by atoms with Crippen molar-refractivity contribution in [2.75, 3.05) is 20.8 Å². The molecule has 1 atom stereocenters. The van der Waals surface area contributed by atoms with Gasteiger partial charge in [0.25, 0.3) is 5.91 Å². The van der Waals surface area contributed by atoms with Crippen LogP contribution in [0.2, 0.25) is 0 Å². The van der Waals surface area contributed by atoms with Crippen LogP contribution in [0.4, 0.5) is 0 Å². The molecule has 0 aliphatic rings. The molecule has 0 aliphatic carbocycles. The molecule has 0 radical (unpaired) electrons. The Hall–Kier alpha value is -2.66. The summed E-state index contributed by atoms with van der Waals surface area (Å²) in [4.78, 5) is 24.5. The molecule has 0 heterocycles. The van der Waals surface area contributed by atoms with Crippen molar-refractivity contribution in [1.29, 1.82) is 0 Å². The van der Waals surface area contributed by atoms with E-state index in [-0.39, 0.29) is 18.4 Å². The lowest BCUT2D eigenvalue weighted by molar-refractivity contribution is -0.142. The number of aryl methyl sites for hydroxylation is 1. The second-order valence-corrected chi connectivity index (χ2v) is 5.83. The van der Waals surface area contributed by atoms with E-state index < -0.39 is 5.92 Å². The third-order valence-electron chi connectivity index (χ3n) is 3.90. The lowest BCUT2D eigenvalue weighted by Gasteiger charge is -2.16. The van der Waals surface area contributed by atoms with Gasteiger partial charge in [-0.05, 0) is 30.2 Å². The van der Waals surface area contributed by atoms with Gasteiger partial charge in [0.05, 0.1) is 19.6 Å². The van der Waals surface area contributed by atoms with Crippen molar-refractivity contribution in [3.8, 4) is 0 Å². The molecule has 0 bridgehead atoms. The number of amides is 1. The van der Waals surface area contributed by atoms with E-state index in [1.165, 1.54) is 7.11 Å². The van der Waals surface area contributed by atoms with E-state index in [0.29, 0.717) is 12.2 Å². The molecule has 132 valence electrons. The summed E-state index contributed by atoms with van der Waals surface area (Å²) in [5.41, 5.74) is 3.31. The van der Waals surface area contributed by atoms with E-state index in [4.69, 9.17) is 9.47 Å². The quantitative estimate of drug-likeness (QED) is 0.787. The molecule has 2 rings (SSSR count). The Morgan fingerprint density at radius 1 is 1.08 bits per heavy atom. The molecule has 0 fully saturated rings. The first-order valence-electron chi connectivity index (χ1n) is 8.05. The van der Waals surface area contributed by atoms with Crippen LogP contribution in [-0.4, -0.2) is 32.6 Å². The molecule has 0 saturated carbocycles. The summed E-state index contributed by atoms with van der Waals surface area (Å²) in [5, 5.41) is 2.82. The van der Waals surface area contributed by atoms with E-state index in [0.717, 1.165) is 16.7 Å². The number of benzene rings is 2. The highest BCUT2D eigenvalue weighted by Crippen LogP contribution is 2.18. The Labute approximate surface area is 148 Å². The first-order valence-corrected chi connectivity index (χ1v) is 8.05. The summed E-state index contributed by atoms with van der Waals surface area (Å²) >= 11 is 0. The number of carbonyl (C=O) groups excluding carboxylic acids is 2. The number of hydrogen-bond donors (Lipinski definition) is 1. The molecule has 25 heavy (non-hydrogen) atoms. The number of rotatable bonds is 7. The Kier molecular flexibility index (Phi) is 6.71. The maximum absolute atomic E-state index is 12.4. The summed E-state index contributed by atoms with van der Waals surface area (Å²) in [5.74, 6) is -1.16. The van der Waals surface area contributed by atoms with Gasteiger partial charge in [0.2, 0.25) is 0 Å². The highest BCUT2D eigenvalue weighted by atomic mass is 16.5. The van der Waals surface area contributed by atoms with Crippen LogP contribution >= 0.6 is 0 Å². The molecule has 1 unspecified atom stereocenters. The standard InChI is InChI=1S/C20H23NO4/c1-14-6-4-8-16(10-14)18(20(23)25-3)12-21-19(22)17-9-5-7-15(11-17)13-24-2/h4-11,18H,12-13H2,1-3H3,(H,21,22). The summed E-state index contributed by atoms with van der Waals surface area (Å²) in [7, 11) is 2.96. The van der Waals surface area contributed by atoms with Crippen LogP contribution in [0.3, 0.4) is 0 Å². The van der Waals surface area contributed by atoms with Gasteiger partial charge in [0.15, 0.2) is 0 Å². The van der Waals surface area contributed by atoms with Crippen molar-refractivity contribution >= 4 is 11.9 Å². The molecule has 5 nitrogen and oxygen atoms in total. The average Bonchev–Trinajstić information content (AvgIpc) is 2.62. The van der Waals surface area contributed by atoms with E-state index in [1.54, 1.807) is 19.2 Å². The predicted molar refractivity (Wildman–Crippen MR) is 95.4 cm³/mol. The first-order chi connectivity index (χ1) is 12.0. The fraction of sp³-hybridized carbons (Fsp3) is 0.300. The highest BCUT2D eigenvalue weighted by molar-refractivity contribution is 5.94. The molecule has 1 amide bonds. The maximum Gasteiger partial charge on any atom is 0.314 e. The molecule has 0 aliphatic heterocycles. The van der Waals surface area contributed by atoms with Crippen molar-refractivity contribution in [3.05, 3.63) is 70.8 Å². The summed E-state index contributed by atoms with van der Waals surface area (Å²) in [6.07, 6.45) is 0. The number of hydrogen-bond acceptors (Lipinski definition) is 4. The lowest BCUT2D eigenvalue weighted by Crippen LogP contribution is -2.32. The molecule has 0 saturated heterocycles. The zero-order valence-corrected chi connectivity index (χ0v) is 14.7. The third-order valence-corrected chi connectivity index (χ3v) is 3.90. The van der Waals surface area contributed by atoms with Crippen LogP contribution in [0, 0.1) is 6.92 Å². The fourth-order valence-corrected chi connectivity index (χ4v) is 2.63. The van der Waals surface area contributed by atoms with Gasteiger partial charge in [-0.1, -0.05) is 42.0 Å². The number of carbonyl (C=O) groups is 2. The van der Waals surface area contributed by atoms with Gasteiger partial charge in [0, 0.05) is 19.2 Å². The van der Waals surface area contributed by atoms with Crippen LogP contribution in [0.1, 0.15) is 33.0 Å². The minimum absolute atomic E-state index is 0.170. The van der Waals surface area contributed by atoms with Gasteiger partial charge in [-0.2, -0.15) is 0 Å². The number of nitrogens with one attached hydrogen (secondary N) is 1. The van der Waals surface area contributed by atoms with Gasteiger partial charge in [-0.25, -0.2) is 0 Å².